The molecule has 2 bridgehead atoms. The molecule has 0 aromatic carbocycles. The predicted octanol–water partition coefficient (Wildman–Crippen LogP) is -1.64. The Bertz CT molecular complexity index is 259. The Labute approximate surface area is 87.2 Å². The number of fused-ring (bicyclic) bond motifs is 2. The molecule has 3 N–H and O–H groups in total. The fourth-order valence-corrected chi connectivity index (χ4v) is 1.98. The van der Waals surface area contributed by atoms with Crippen LogP contribution in [-0.2, 0) is 14.3 Å². The maximum absolute atomic E-state index is 10.9. The number of carbonyl (C=O) groups is 1. The molecule has 0 saturated carbocycles. The molecule has 2 fully saturated rings. The minimum Gasteiger partial charge on any atom is -0.390 e. The number of amides is 1. The average Bonchev–Trinajstić information content (AvgIpc) is 2.59. The number of hydrogen-bond acceptors (Lipinski definition) is 5. The van der Waals surface area contributed by atoms with Crippen molar-refractivity contribution >= 4 is 5.91 Å². The van der Waals surface area contributed by atoms with Gasteiger partial charge in [0.1, 0.15) is 12.2 Å². The van der Waals surface area contributed by atoms with Gasteiger partial charge in [-0.05, 0) is 0 Å². The van der Waals surface area contributed by atoms with E-state index in [4.69, 9.17) is 9.47 Å². The number of carbonyl (C=O) groups excluding carboxylic acids is 1. The van der Waals surface area contributed by atoms with Gasteiger partial charge in [0.15, 0.2) is 6.29 Å². The number of aliphatic hydroxyl groups excluding tert-OH is 2. The Balaban J connectivity index is 2.08. The summed E-state index contributed by atoms with van der Waals surface area (Å²) >= 11 is 0. The average molecular weight is 217 g/mol. The van der Waals surface area contributed by atoms with E-state index in [1.807, 2.05) is 0 Å². The van der Waals surface area contributed by atoms with Crippen LogP contribution in [0.2, 0.25) is 0 Å². The number of hydrogen-bond donors (Lipinski definition) is 3. The normalized spacial score (nSPS) is 44.9. The quantitative estimate of drug-likeness (QED) is 0.490. The molecule has 2 aliphatic rings. The van der Waals surface area contributed by atoms with Crippen LogP contribution in [0.3, 0.4) is 0 Å². The second kappa shape index (κ2) is 4.05. The highest BCUT2D eigenvalue weighted by Gasteiger charge is 2.44. The van der Waals surface area contributed by atoms with Gasteiger partial charge in [-0.2, -0.15) is 0 Å². The molecule has 2 heterocycles. The first-order valence-corrected chi connectivity index (χ1v) is 4.98. The lowest BCUT2D eigenvalue weighted by Crippen LogP contribution is -2.46. The summed E-state index contributed by atoms with van der Waals surface area (Å²) in [6, 6.07) is -0.403. The van der Waals surface area contributed by atoms with Gasteiger partial charge in [-0.25, -0.2) is 0 Å². The van der Waals surface area contributed by atoms with Crippen LogP contribution in [0, 0.1) is 0 Å². The van der Waals surface area contributed by atoms with Crippen LogP contribution in [-0.4, -0.2) is 53.4 Å². The third-order valence-corrected chi connectivity index (χ3v) is 2.72. The van der Waals surface area contributed by atoms with Gasteiger partial charge in [-0.3, -0.25) is 4.79 Å². The molecule has 0 aromatic rings. The third kappa shape index (κ3) is 2.12. The lowest BCUT2D eigenvalue weighted by molar-refractivity contribution is -0.125. The van der Waals surface area contributed by atoms with E-state index in [9.17, 15) is 15.0 Å². The lowest BCUT2D eigenvalue weighted by atomic mass is 10.0. The van der Waals surface area contributed by atoms with Crippen molar-refractivity contribution in [1.82, 2.24) is 5.32 Å². The van der Waals surface area contributed by atoms with Crippen LogP contribution >= 0.6 is 0 Å². The maximum atomic E-state index is 10.9. The Hall–Kier alpha value is -0.690. The van der Waals surface area contributed by atoms with Crippen LogP contribution in [0.15, 0.2) is 0 Å². The van der Waals surface area contributed by atoms with Crippen molar-refractivity contribution in [1.29, 1.82) is 0 Å². The Kier molecular flexibility index (Phi) is 2.92. The van der Waals surface area contributed by atoms with Gasteiger partial charge in [0, 0.05) is 13.3 Å². The highest BCUT2D eigenvalue weighted by atomic mass is 16.7. The molecule has 86 valence electrons. The molecule has 15 heavy (non-hydrogen) atoms. The van der Waals surface area contributed by atoms with E-state index in [2.05, 4.69) is 5.32 Å². The predicted molar refractivity (Wildman–Crippen MR) is 48.8 cm³/mol. The van der Waals surface area contributed by atoms with Crippen LogP contribution in [0.1, 0.15) is 13.3 Å². The summed E-state index contributed by atoms with van der Waals surface area (Å²) < 4.78 is 10.7. The summed E-state index contributed by atoms with van der Waals surface area (Å²) in [4.78, 5) is 10.9. The van der Waals surface area contributed by atoms with Gasteiger partial charge in [-0.1, -0.05) is 0 Å². The lowest BCUT2D eigenvalue weighted by Gasteiger charge is -2.24. The topological polar surface area (TPSA) is 88.0 Å². The van der Waals surface area contributed by atoms with E-state index in [1.54, 1.807) is 0 Å². The molecule has 6 heteroatoms. The van der Waals surface area contributed by atoms with Crippen molar-refractivity contribution in [2.24, 2.45) is 0 Å². The van der Waals surface area contributed by atoms with Gasteiger partial charge in [-0.15, -0.1) is 0 Å². The molecular formula is C9H15NO5. The SMILES string of the molecule is CC(=O)NC1CC(O)[C@H](O)C2CO[C@@H]1O2. The van der Waals surface area contributed by atoms with Crippen molar-refractivity contribution in [2.75, 3.05) is 6.61 Å². The molecule has 6 nitrogen and oxygen atoms in total. The summed E-state index contributed by atoms with van der Waals surface area (Å²) in [5.41, 5.74) is 0. The van der Waals surface area contributed by atoms with Crippen molar-refractivity contribution < 1.29 is 24.5 Å². The van der Waals surface area contributed by atoms with Gasteiger partial charge >= 0.3 is 0 Å². The largest absolute Gasteiger partial charge is 0.390 e. The zero-order valence-corrected chi connectivity index (χ0v) is 8.42. The summed E-state index contributed by atoms with van der Waals surface area (Å²) in [5.74, 6) is -0.209. The maximum Gasteiger partial charge on any atom is 0.217 e. The van der Waals surface area contributed by atoms with E-state index in [0.717, 1.165) is 0 Å². The Morgan fingerprint density at radius 3 is 2.87 bits per heavy atom. The van der Waals surface area contributed by atoms with E-state index in [-0.39, 0.29) is 18.9 Å². The first-order chi connectivity index (χ1) is 7.08. The fourth-order valence-electron chi connectivity index (χ4n) is 1.98. The van der Waals surface area contributed by atoms with Gasteiger partial charge in [0.25, 0.3) is 0 Å². The highest BCUT2D eigenvalue weighted by Crippen LogP contribution is 2.26. The van der Waals surface area contributed by atoms with Gasteiger partial charge < -0.3 is 25.0 Å². The van der Waals surface area contributed by atoms with Gasteiger partial charge in [0.05, 0.1) is 18.8 Å². The van der Waals surface area contributed by atoms with E-state index >= 15 is 0 Å². The molecule has 5 atom stereocenters. The molecule has 0 radical (unpaired) electrons. The Morgan fingerprint density at radius 1 is 1.47 bits per heavy atom. The number of aliphatic hydroxyl groups is 2. The van der Waals surface area contributed by atoms with Crippen LogP contribution in [0.5, 0.6) is 0 Å². The first-order valence-electron chi connectivity index (χ1n) is 4.98. The van der Waals surface area contributed by atoms with Crippen molar-refractivity contribution in [3.63, 3.8) is 0 Å². The third-order valence-electron chi connectivity index (χ3n) is 2.72. The van der Waals surface area contributed by atoms with Crippen LogP contribution in [0.25, 0.3) is 0 Å². The second-order valence-electron chi connectivity index (χ2n) is 3.98. The highest BCUT2D eigenvalue weighted by molar-refractivity contribution is 5.73. The number of nitrogens with one attached hydrogen (secondary N) is 1. The fraction of sp³-hybridized carbons (Fsp3) is 0.889. The molecule has 2 aliphatic heterocycles. The summed E-state index contributed by atoms with van der Waals surface area (Å²) in [7, 11) is 0. The smallest absolute Gasteiger partial charge is 0.217 e. The summed E-state index contributed by atoms with van der Waals surface area (Å²) in [6.45, 7) is 1.64. The second-order valence-corrected chi connectivity index (χ2v) is 3.98. The molecular weight excluding hydrogens is 202 g/mol. The van der Waals surface area contributed by atoms with Crippen molar-refractivity contribution in [3.8, 4) is 0 Å². The molecule has 0 spiro atoms. The van der Waals surface area contributed by atoms with Crippen LogP contribution in [0.4, 0.5) is 0 Å². The van der Waals surface area contributed by atoms with E-state index in [1.165, 1.54) is 6.92 Å². The minimum atomic E-state index is -0.950. The van der Waals surface area contributed by atoms with Crippen LogP contribution < -0.4 is 5.32 Å². The molecule has 2 rings (SSSR count). The minimum absolute atomic E-state index is 0.209. The number of rotatable bonds is 1. The molecule has 3 unspecified atom stereocenters. The van der Waals surface area contributed by atoms with E-state index in [0.29, 0.717) is 0 Å². The van der Waals surface area contributed by atoms with Crippen molar-refractivity contribution in [2.45, 2.75) is 44.0 Å². The van der Waals surface area contributed by atoms with Gasteiger partial charge in [0.2, 0.25) is 5.91 Å². The first kappa shape index (κ1) is 10.8. The monoisotopic (exact) mass is 217 g/mol. The zero-order chi connectivity index (χ0) is 11.0. The van der Waals surface area contributed by atoms with E-state index < -0.39 is 30.6 Å². The summed E-state index contributed by atoms with van der Waals surface area (Å²) in [6.07, 6.45) is -2.66. The molecule has 0 aromatic heterocycles. The summed E-state index contributed by atoms with van der Waals surface area (Å²) in [5, 5.41) is 21.9. The Morgan fingerprint density at radius 2 is 2.20 bits per heavy atom. The molecule has 0 aliphatic carbocycles. The molecule has 2 saturated heterocycles. The number of ether oxygens (including phenoxy) is 2. The van der Waals surface area contributed by atoms with Crippen molar-refractivity contribution in [3.05, 3.63) is 0 Å². The molecule has 1 amide bonds. The standard InChI is InChI=1S/C9H15NO5/c1-4(11)10-5-2-6(12)8(13)7-3-14-9(5)15-7/h5-9,12-13H,2-3H2,1H3,(H,10,11)/t5?,6?,7?,8-,9+/m0/s1. The zero-order valence-electron chi connectivity index (χ0n) is 8.42.